The number of nitrogens with one attached hydrogen (secondary N) is 2. The maximum Gasteiger partial charge on any atom is 0.262 e. The summed E-state index contributed by atoms with van der Waals surface area (Å²) in [7, 11) is -3.54. The summed E-state index contributed by atoms with van der Waals surface area (Å²) in [6.45, 7) is 2.13. The van der Waals surface area contributed by atoms with E-state index < -0.39 is 15.9 Å². The Morgan fingerprint density at radius 3 is 2.30 bits per heavy atom. The molecule has 0 saturated heterocycles. The molecule has 2 N–H and O–H groups in total. The second kappa shape index (κ2) is 9.94. The molecule has 2 aromatic rings. The van der Waals surface area contributed by atoms with E-state index in [1.165, 1.54) is 24.3 Å². The molecule has 2 aromatic carbocycles. The van der Waals surface area contributed by atoms with Crippen LogP contribution < -0.4 is 14.8 Å². The van der Waals surface area contributed by atoms with Crippen LogP contribution in [0.1, 0.15) is 19.8 Å². The molecule has 0 aromatic heterocycles. The SMILES string of the molecule is CCCCNS(=O)(=O)c1ccc(OCC(=O)Nc2cc(Cl)cc(Cl)c2)cc1. The number of ether oxygens (including phenoxy) is 1. The van der Waals surface area contributed by atoms with Gasteiger partial charge in [-0.25, -0.2) is 13.1 Å². The highest BCUT2D eigenvalue weighted by Gasteiger charge is 2.13. The summed E-state index contributed by atoms with van der Waals surface area (Å²) in [4.78, 5) is 12.1. The zero-order valence-corrected chi connectivity index (χ0v) is 17.0. The molecule has 0 unspecified atom stereocenters. The molecule has 0 bridgehead atoms. The van der Waals surface area contributed by atoms with Gasteiger partial charge >= 0.3 is 0 Å². The van der Waals surface area contributed by atoms with Gasteiger partial charge in [-0.1, -0.05) is 36.5 Å². The van der Waals surface area contributed by atoms with Crippen molar-refractivity contribution in [1.82, 2.24) is 4.72 Å². The van der Waals surface area contributed by atoms with Gasteiger partial charge in [0, 0.05) is 22.3 Å². The first-order chi connectivity index (χ1) is 12.8. The summed E-state index contributed by atoms with van der Waals surface area (Å²) < 4.78 is 32.1. The van der Waals surface area contributed by atoms with Gasteiger partial charge in [0.2, 0.25) is 10.0 Å². The Bertz CT molecular complexity index is 866. The number of anilines is 1. The minimum absolute atomic E-state index is 0.143. The summed E-state index contributed by atoms with van der Waals surface area (Å²) in [5, 5.41) is 3.43. The van der Waals surface area contributed by atoms with Crippen molar-refractivity contribution in [3.05, 3.63) is 52.5 Å². The van der Waals surface area contributed by atoms with E-state index in [4.69, 9.17) is 27.9 Å². The lowest BCUT2D eigenvalue weighted by molar-refractivity contribution is -0.118. The van der Waals surface area contributed by atoms with Gasteiger partial charge in [0.25, 0.3) is 5.91 Å². The Hall–Kier alpha value is -1.80. The molecule has 1 amide bonds. The fourth-order valence-corrected chi connectivity index (χ4v) is 3.75. The van der Waals surface area contributed by atoms with Gasteiger partial charge in [-0.05, 0) is 48.9 Å². The first kappa shape index (κ1) is 21.5. The summed E-state index contributed by atoms with van der Waals surface area (Å²) in [5.74, 6) is -0.0203. The number of sulfonamides is 1. The third-order valence-electron chi connectivity index (χ3n) is 3.47. The molecular formula is C18H20Cl2N2O4S. The van der Waals surface area contributed by atoms with Gasteiger partial charge in [0.15, 0.2) is 6.61 Å². The van der Waals surface area contributed by atoms with E-state index in [0.29, 0.717) is 28.0 Å². The second-order valence-corrected chi connectivity index (χ2v) is 8.36. The summed E-state index contributed by atoms with van der Waals surface area (Å²) in [5.41, 5.74) is 0.459. The van der Waals surface area contributed by atoms with Crippen LogP contribution in [0, 0.1) is 0 Å². The first-order valence-corrected chi connectivity index (χ1v) is 10.5. The van der Waals surface area contributed by atoms with Crippen LogP contribution in [-0.2, 0) is 14.8 Å². The number of hydrogen-bond donors (Lipinski definition) is 2. The first-order valence-electron chi connectivity index (χ1n) is 8.28. The molecular weight excluding hydrogens is 411 g/mol. The van der Waals surface area contributed by atoms with Crippen molar-refractivity contribution in [2.24, 2.45) is 0 Å². The topological polar surface area (TPSA) is 84.5 Å². The molecule has 0 atom stereocenters. The fourth-order valence-electron chi connectivity index (χ4n) is 2.15. The molecule has 2 rings (SSSR count). The van der Waals surface area contributed by atoms with Crippen LogP contribution in [0.5, 0.6) is 5.75 Å². The zero-order chi connectivity index (χ0) is 19.9. The van der Waals surface area contributed by atoms with Crippen LogP contribution in [0.2, 0.25) is 10.0 Å². The highest BCUT2D eigenvalue weighted by molar-refractivity contribution is 7.89. The number of rotatable bonds is 9. The van der Waals surface area contributed by atoms with Gasteiger partial charge < -0.3 is 10.1 Å². The molecule has 0 heterocycles. The number of carbonyl (C=O) groups excluding carboxylic acids is 1. The van der Waals surface area contributed by atoms with Gasteiger partial charge in [-0.3, -0.25) is 4.79 Å². The number of hydrogen-bond acceptors (Lipinski definition) is 4. The second-order valence-electron chi connectivity index (χ2n) is 5.72. The minimum Gasteiger partial charge on any atom is -0.484 e. The largest absolute Gasteiger partial charge is 0.484 e. The number of halogens is 2. The normalized spacial score (nSPS) is 11.2. The third-order valence-corrected chi connectivity index (χ3v) is 5.39. The van der Waals surface area contributed by atoms with Crippen molar-refractivity contribution >= 4 is 44.8 Å². The molecule has 0 spiro atoms. The Kier molecular flexibility index (Phi) is 7.91. The smallest absolute Gasteiger partial charge is 0.262 e. The van der Waals surface area contributed by atoms with Crippen molar-refractivity contribution in [3.8, 4) is 5.75 Å². The van der Waals surface area contributed by atoms with Crippen LogP contribution in [0.25, 0.3) is 0 Å². The Morgan fingerprint density at radius 1 is 1.07 bits per heavy atom. The molecule has 0 aliphatic rings. The van der Waals surface area contributed by atoms with Crippen LogP contribution in [0.15, 0.2) is 47.4 Å². The van der Waals surface area contributed by atoms with Crippen LogP contribution >= 0.6 is 23.2 Å². The van der Waals surface area contributed by atoms with Crippen molar-refractivity contribution < 1.29 is 17.9 Å². The minimum atomic E-state index is -3.54. The molecule has 0 fully saturated rings. The predicted octanol–water partition coefficient (Wildman–Crippen LogP) is 4.09. The number of amides is 1. The van der Waals surface area contributed by atoms with E-state index in [2.05, 4.69) is 10.0 Å². The molecule has 9 heteroatoms. The maximum absolute atomic E-state index is 12.1. The Morgan fingerprint density at radius 2 is 1.70 bits per heavy atom. The monoisotopic (exact) mass is 430 g/mol. The van der Waals surface area contributed by atoms with E-state index in [0.717, 1.165) is 12.8 Å². The molecule has 0 radical (unpaired) electrons. The van der Waals surface area contributed by atoms with E-state index in [-0.39, 0.29) is 11.5 Å². The van der Waals surface area contributed by atoms with E-state index >= 15 is 0 Å². The average molecular weight is 431 g/mol. The standard InChI is InChI=1S/C18H20Cl2N2O4S/c1-2-3-8-21-27(24,25)17-6-4-16(5-7-17)26-12-18(23)22-15-10-13(19)9-14(20)11-15/h4-7,9-11,21H,2-3,8,12H2,1H3,(H,22,23). The Balaban J connectivity index is 1.90. The van der Waals surface area contributed by atoms with Gasteiger partial charge in [-0.15, -0.1) is 0 Å². The lowest BCUT2D eigenvalue weighted by Crippen LogP contribution is -2.24. The number of unbranched alkanes of at least 4 members (excludes halogenated alkanes) is 1. The highest BCUT2D eigenvalue weighted by atomic mass is 35.5. The predicted molar refractivity (Wildman–Crippen MR) is 107 cm³/mol. The summed E-state index contributed by atoms with van der Waals surface area (Å²) in [6, 6.07) is 10.5. The fraction of sp³-hybridized carbons (Fsp3) is 0.278. The van der Waals surface area contributed by atoms with E-state index in [1.807, 2.05) is 6.92 Å². The average Bonchev–Trinajstić information content (AvgIpc) is 2.59. The third kappa shape index (κ3) is 7.03. The molecule has 6 nitrogen and oxygen atoms in total. The van der Waals surface area contributed by atoms with Gasteiger partial charge in [0.05, 0.1) is 4.90 Å². The molecule has 27 heavy (non-hydrogen) atoms. The van der Waals surface area contributed by atoms with Crippen LogP contribution in [0.3, 0.4) is 0 Å². The van der Waals surface area contributed by atoms with Crippen LogP contribution in [-0.4, -0.2) is 27.5 Å². The van der Waals surface area contributed by atoms with Crippen LogP contribution in [0.4, 0.5) is 5.69 Å². The van der Waals surface area contributed by atoms with E-state index in [9.17, 15) is 13.2 Å². The number of benzene rings is 2. The van der Waals surface area contributed by atoms with Crippen molar-refractivity contribution in [2.45, 2.75) is 24.7 Å². The quantitative estimate of drug-likeness (QED) is 0.586. The summed E-state index contributed by atoms with van der Waals surface area (Å²) in [6.07, 6.45) is 1.67. The zero-order valence-electron chi connectivity index (χ0n) is 14.7. The maximum atomic E-state index is 12.1. The van der Waals surface area contributed by atoms with Crippen molar-refractivity contribution in [3.63, 3.8) is 0 Å². The molecule has 0 aliphatic carbocycles. The van der Waals surface area contributed by atoms with Gasteiger partial charge in [-0.2, -0.15) is 0 Å². The number of carbonyl (C=O) groups is 1. The Labute approximate surface area is 168 Å². The molecule has 0 saturated carbocycles. The lowest BCUT2D eigenvalue weighted by Gasteiger charge is -2.10. The molecule has 146 valence electrons. The molecule has 0 aliphatic heterocycles. The summed E-state index contributed by atoms with van der Waals surface area (Å²) >= 11 is 11.8. The van der Waals surface area contributed by atoms with E-state index in [1.54, 1.807) is 18.2 Å². The van der Waals surface area contributed by atoms with Crippen molar-refractivity contribution in [1.29, 1.82) is 0 Å². The van der Waals surface area contributed by atoms with Crippen molar-refractivity contribution in [2.75, 3.05) is 18.5 Å². The highest BCUT2D eigenvalue weighted by Crippen LogP contribution is 2.22. The lowest BCUT2D eigenvalue weighted by atomic mass is 10.3. The van der Waals surface area contributed by atoms with Gasteiger partial charge in [0.1, 0.15) is 5.75 Å².